The number of amides is 1. The average molecular weight is 416 g/mol. The molecule has 5 rings (SSSR count). The predicted octanol–water partition coefficient (Wildman–Crippen LogP) is 4.01. The average Bonchev–Trinajstić information content (AvgIpc) is 2.83. The van der Waals surface area contributed by atoms with Crippen molar-refractivity contribution in [1.82, 2.24) is 5.32 Å². The standard InChI is InChI=1S/C26H26FN3O/c27-23-12-6-4-9-20(23)17-28-26(31)22-16-19-8-5-7-13-24(19)30-15-14-29(18-25(22)30)21-10-2-1-3-11-21/h1-13,22,25H,14-18H2,(H,28,31). The molecule has 4 nitrogen and oxygen atoms in total. The second-order valence-corrected chi connectivity index (χ2v) is 8.29. The maximum absolute atomic E-state index is 14.0. The molecule has 2 unspecified atom stereocenters. The molecular formula is C26H26FN3O. The van der Waals surface area contributed by atoms with E-state index in [1.54, 1.807) is 18.2 Å². The quantitative estimate of drug-likeness (QED) is 0.699. The summed E-state index contributed by atoms with van der Waals surface area (Å²) in [5, 5.41) is 3.00. The number of hydrogen-bond acceptors (Lipinski definition) is 3. The van der Waals surface area contributed by atoms with Gasteiger partial charge < -0.3 is 15.1 Å². The molecule has 1 N–H and O–H groups in total. The van der Waals surface area contributed by atoms with Crippen LogP contribution in [0.15, 0.2) is 78.9 Å². The van der Waals surface area contributed by atoms with Crippen LogP contribution in [0.3, 0.4) is 0 Å². The van der Waals surface area contributed by atoms with Crippen molar-refractivity contribution in [2.45, 2.75) is 19.0 Å². The molecule has 2 aliphatic rings. The molecule has 5 heteroatoms. The van der Waals surface area contributed by atoms with Crippen LogP contribution >= 0.6 is 0 Å². The van der Waals surface area contributed by atoms with Crippen molar-refractivity contribution in [3.63, 3.8) is 0 Å². The number of halogens is 1. The first-order valence-corrected chi connectivity index (χ1v) is 10.9. The first-order chi connectivity index (χ1) is 15.2. The molecule has 2 atom stereocenters. The number of fused-ring (bicyclic) bond motifs is 3. The van der Waals surface area contributed by atoms with Gasteiger partial charge in [-0.25, -0.2) is 4.39 Å². The Labute approximate surface area is 182 Å². The Kier molecular flexibility index (Phi) is 5.33. The molecule has 1 fully saturated rings. The van der Waals surface area contributed by atoms with Gasteiger partial charge in [0.05, 0.1) is 12.0 Å². The Morgan fingerprint density at radius 3 is 2.52 bits per heavy atom. The fourth-order valence-electron chi connectivity index (χ4n) is 4.89. The zero-order valence-electron chi connectivity index (χ0n) is 17.4. The van der Waals surface area contributed by atoms with Crippen LogP contribution < -0.4 is 15.1 Å². The fraction of sp³-hybridized carbons (Fsp3) is 0.269. The maximum atomic E-state index is 14.0. The number of nitrogens with zero attached hydrogens (tertiary/aromatic N) is 2. The van der Waals surface area contributed by atoms with Crippen LogP contribution in [0.25, 0.3) is 0 Å². The summed E-state index contributed by atoms with van der Waals surface area (Å²) in [6.45, 7) is 2.78. The Bertz CT molecular complexity index is 1070. The van der Waals surface area contributed by atoms with Crippen LogP contribution in [0, 0.1) is 11.7 Å². The van der Waals surface area contributed by atoms with Crippen LogP contribution in [-0.4, -0.2) is 31.6 Å². The molecule has 0 aromatic heterocycles. The number of carbonyl (C=O) groups is 1. The van der Waals surface area contributed by atoms with Crippen molar-refractivity contribution in [3.8, 4) is 0 Å². The third kappa shape index (κ3) is 3.88. The van der Waals surface area contributed by atoms with Gasteiger partial charge in [-0.05, 0) is 36.2 Å². The van der Waals surface area contributed by atoms with Gasteiger partial charge in [-0.15, -0.1) is 0 Å². The number of hydrogen-bond donors (Lipinski definition) is 1. The Morgan fingerprint density at radius 1 is 0.935 bits per heavy atom. The first-order valence-electron chi connectivity index (χ1n) is 10.9. The molecule has 0 spiro atoms. The lowest BCUT2D eigenvalue weighted by molar-refractivity contribution is -0.126. The molecular weight excluding hydrogens is 389 g/mol. The minimum absolute atomic E-state index is 0.0114. The third-order valence-electron chi connectivity index (χ3n) is 6.49. The van der Waals surface area contributed by atoms with E-state index in [-0.39, 0.29) is 30.2 Å². The van der Waals surface area contributed by atoms with Crippen LogP contribution in [0.4, 0.5) is 15.8 Å². The van der Waals surface area contributed by atoms with E-state index in [9.17, 15) is 9.18 Å². The van der Waals surface area contributed by atoms with Crippen molar-refractivity contribution in [2.75, 3.05) is 29.4 Å². The van der Waals surface area contributed by atoms with Gasteiger partial charge in [0, 0.05) is 43.1 Å². The summed E-state index contributed by atoms with van der Waals surface area (Å²) < 4.78 is 14.0. The van der Waals surface area contributed by atoms with E-state index in [1.807, 2.05) is 12.1 Å². The molecule has 0 aliphatic carbocycles. The van der Waals surface area contributed by atoms with E-state index in [1.165, 1.54) is 23.0 Å². The number of piperazine rings is 1. The molecule has 1 saturated heterocycles. The molecule has 1 amide bonds. The number of nitrogens with one attached hydrogen (secondary N) is 1. The molecule has 0 bridgehead atoms. The number of benzene rings is 3. The summed E-state index contributed by atoms with van der Waals surface area (Å²) in [6.07, 6.45) is 0.697. The topological polar surface area (TPSA) is 35.6 Å². The second kappa shape index (κ2) is 8.42. The lowest BCUT2D eigenvalue weighted by Crippen LogP contribution is -2.61. The van der Waals surface area contributed by atoms with E-state index in [0.29, 0.717) is 12.0 Å². The maximum Gasteiger partial charge on any atom is 0.225 e. The zero-order valence-corrected chi connectivity index (χ0v) is 17.4. The van der Waals surface area contributed by atoms with Crippen molar-refractivity contribution in [1.29, 1.82) is 0 Å². The second-order valence-electron chi connectivity index (χ2n) is 8.29. The highest BCUT2D eigenvalue weighted by atomic mass is 19.1. The summed E-state index contributed by atoms with van der Waals surface area (Å²) in [5.74, 6) is -0.484. The Hall–Kier alpha value is -3.34. The molecule has 0 saturated carbocycles. The third-order valence-corrected chi connectivity index (χ3v) is 6.49. The smallest absolute Gasteiger partial charge is 0.225 e. The predicted molar refractivity (Wildman–Crippen MR) is 122 cm³/mol. The molecule has 3 aromatic carbocycles. The minimum Gasteiger partial charge on any atom is -0.368 e. The molecule has 0 radical (unpaired) electrons. The van der Waals surface area contributed by atoms with Gasteiger partial charge in [-0.3, -0.25) is 4.79 Å². The van der Waals surface area contributed by atoms with E-state index in [2.05, 4.69) is 57.6 Å². The summed E-state index contributed by atoms with van der Waals surface area (Å²) in [5.41, 5.74) is 4.14. The first kappa shape index (κ1) is 19.6. The highest BCUT2D eigenvalue weighted by Gasteiger charge is 2.41. The number of carbonyl (C=O) groups excluding carboxylic acids is 1. The lowest BCUT2D eigenvalue weighted by Gasteiger charge is -2.49. The molecule has 2 aliphatic heterocycles. The normalized spacial score (nSPS) is 20.0. The number of anilines is 2. The van der Waals surface area contributed by atoms with E-state index >= 15 is 0 Å². The highest BCUT2D eigenvalue weighted by Crippen LogP contribution is 2.36. The molecule has 3 aromatic rings. The van der Waals surface area contributed by atoms with Crippen LogP contribution in [0.5, 0.6) is 0 Å². The van der Waals surface area contributed by atoms with Crippen molar-refractivity contribution < 1.29 is 9.18 Å². The monoisotopic (exact) mass is 415 g/mol. The molecule has 158 valence electrons. The largest absolute Gasteiger partial charge is 0.368 e. The van der Waals surface area contributed by atoms with Gasteiger partial charge in [0.25, 0.3) is 0 Å². The van der Waals surface area contributed by atoms with Crippen molar-refractivity contribution in [2.24, 2.45) is 5.92 Å². The lowest BCUT2D eigenvalue weighted by atomic mass is 9.83. The van der Waals surface area contributed by atoms with Gasteiger partial charge in [0.15, 0.2) is 0 Å². The van der Waals surface area contributed by atoms with E-state index in [0.717, 1.165) is 19.6 Å². The van der Waals surface area contributed by atoms with Crippen LogP contribution in [0.2, 0.25) is 0 Å². The number of rotatable bonds is 4. The molecule has 2 heterocycles. The minimum atomic E-state index is -0.286. The van der Waals surface area contributed by atoms with E-state index in [4.69, 9.17) is 0 Å². The van der Waals surface area contributed by atoms with Gasteiger partial charge in [0.1, 0.15) is 5.82 Å². The summed E-state index contributed by atoms with van der Waals surface area (Å²) in [6, 6.07) is 25.4. The van der Waals surface area contributed by atoms with Crippen molar-refractivity contribution >= 4 is 17.3 Å². The van der Waals surface area contributed by atoms with E-state index < -0.39 is 0 Å². The van der Waals surface area contributed by atoms with Gasteiger partial charge in [0.2, 0.25) is 5.91 Å². The highest BCUT2D eigenvalue weighted by molar-refractivity contribution is 5.82. The number of para-hydroxylation sites is 2. The van der Waals surface area contributed by atoms with Gasteiger partial charge >= 0.3 is 0 Å². The summed E-state index contributed by atoms with van der Waals surface area (Å²) in [4.78, 5) is 18.1. The van der Waals surface area contributed by atoms with Gasteiger partial charge in [-0.1, -0.05) is 54.6 Å². The molecule has 31 heavy (non-hydrogen) atoms. The fourth-order valence-corrected chi connectivity index (χ4v) is 4.89. The summed E-state index contributed by atoms with van der Waals surface area (Å²) in [7, 11) is 0. The van der Waals surface area contributed by atoms with Crippen molar-refractivity contribution in [3.05, 3.63) is 95.8 Å². The van der Waals surface area contributed by atoms with Crippen LogP contribution in [-0.2, 0) is 17.8 Å². The Balaban J connectivity index is 1.40. The Morgan fingerprint density at radius 2 is 1.68 bits per heavy atom. The van der Waals surface area contributed by atoms with Crippen LogP contribution in [0.1, 0.15) is 11.1 Å². The van der Waals surface area contributed by atoms with Gasteiger partial charge in [-0.2, -0.15) is 0 Å². The SMILES string of the molecule is O=C(NCc1ccccc1F)C1Cc2ccccc2N2CCN(c3ccccc3)CC12. The zero-order chi connectivity index (χ0) is 21.2. The summed E-state index contributed by atoms with van der Waals surface area (Å²) >= 11 is 0.